The molecule has 1 aromatic carbocycles. The van der Waals surface area contributed by atoms with Crippen LogP contribution in [0.1, 0.15) is 25.3 Å². The maximum Gasteiger partial charge on any atom is 0.244 e. The number of hydrogen-bond donors (Lipinski definition) is 2. The van der Waals surface area contributed by atoms with Gasteiger partial charge in [0.05, 0.1) is 0 Å². The van der Waals surface area contributed by atoms with Crippen molar-refractivity contribution in [2.75, 3.05) is 32.7 Å². The van der Waals surface area contributed by atoms with Gasteiger partial charge in [-0.15, -0.1) is 0 Å². The molecule has 1 aliphatic heterocycles. The zero-order valence-electron chi connectivity index (χ0n) is 13.6. The summed E-state index contributed by atoms with van der Waals surface area (Å²) in [6.45, 7) is 5.48. The molecule has 1 saturated heterocycles. The molecular formula is C17H25ClN4O. The van der Waals surface area contributed by atoms with Crippen molar-refractivity contribution in [2.24, 2.45) is 4.99 Å². The summed E-state index contributed by atoms with van der Waals surface area (Å²) in [5.41, 5.74) is 1.21. The van der Waals surface area contributed by atoms with Crippen molar-refractivity contribution in [3.63, 3.8) is 0 Å². The van der Waals surface area contributed by atoms with Crippen LogP contribution in [0.15, 0.2) is 29.3 Å². The molecular weight excluding hydrogens is 312 g/mol. The maximum atomic E-state index is 12.0. The predicted octanol–water partition coefficient (Wildman–Crippen LogP) is 2.06. The van der Waals surface area contributed by atoms with Gasteiger partial charge >= 0.3 is 0 Å². The van der Waals surface area contributed by atoms with Crippen molar-refractivity contribution in [3.8, 4) is 0 Å². The van der Waals surface area contributed by atoms with E-state index in [1.807, 2.05) is 36.1 Å². The number of carbonyl (C=O) groups is 1. The van der Waals surface area contributed by atoms with Crippen LogP contribution in [-0.4, -0.2) is 49.5 Å². The smallest absolute Gasteiger partial charge is 0.244 e. The number of hydrogen-bond acceptors (Lipinski definition) is 2. The van der Waals surface area contributed by atoms with Crippen molar-refractivity contribution in [1.82, 2.24) is 15.5 Å². The van der Waals surface area contributed by atoms with E-state index in [0.717, 1.165) is 50.5 Å². The minimum atomic E-state index is 0.109. The van der Waals surface area contributed by atoms with Crippen LogP contribution in [0.2, 0.25) is 5.02 Å². The number of guanidine groups is 1. The summed E-state index contributed by atoms with van der Waals surface area (Å²) in [5.74, 6) is 0.798. The quantitative estimate of drug-likeness (QED) is 0.617. The van der Waals surface area contributed by atoms with Crippen LogP contribution in [0.4, 0.5) is 0 Å². The van der Waals surface area contributed by atoms with Gasteiger partial charge in [0.15, 0.2) is 5.96 Å². The molecule has 2 N–H and O–H groups in total. The van der Waals surface area contributed by atoms with E-state index in [2.05, 4.69) is 15.6 Å². The van der Waals surface area contributed by atoms with Gasteiger partial charge in [0.1, 0.15) is 6.54 Å². The van der Waals surface area contributed by atoms with Gasteiger partial charge in [0.25, 0.3) is 0 Å². The van der Waals surface area contributed by atoms with Crippen LogP contribution in [0.3, 0.4) is 0 Å². The predicted molar refractivity (Wildman–Crippen MR) is 95.0 cm³/mol. The van der Waals surface area contributed by atoms with Gasteiger partial charge in [-0.25, -0.2) is 4.99 Å². The van der Waals surface area contributed by atoms with E-state index in [1.54, 1.807) is 0 Å². The molecule has 6 heteroatoms. The Morgan fingerprint density at radius 3 is 2.57 bits per heavy atom. The summed E-state index contributed by atoms with van der Waals surface area (Å²) >= 11 is 5.88. The number of rotatable bonds is 6. The molecule has 0 atom stereocenters. The molecule has 1 heterocycles. The summed E-state index contributed by atoms with van der Waals surface area (Å²) in [6.07, 6.45) is 3.09. The Bertz CT molecular complexity index is 524. The summed E-state index contributed by atoms with van der Waals surface area (Å²) in [6, 6.07) is 7.83. The highest BCUT2D eigenvalue weighted by molar-refractivity contribution is 6.30. The number of nitrogens with one attached hydrogen (secondary N) is 2. The third kappa shape index (κ3) is 6.10. The molecule has 1 aromatic rings. The Kier molecular flexibility index (Phi) is 7.20. The van der Waals surface area contributed by atoms with Crippen LogP contribution in [-0.2, 0) is 11.2 Å². The van der Waals surface area contributed by atoms with Gasteiger partial charge in [-0.05, 0) is 43.9 Å². The summed E-state index contributed by atoms with van der Waals surface area (Å²) in [4.78, 5) is 18.3. The number of nitrogens with zero attached hydrogens (tertiary/aromatic N) is 2. The molecule has 0 unspecified atom stereocenters. The van der Waals surface area contributed by atoms with Crippen molar-refractivity contribution in [3.05, 3.63) is 34.9 Å². The van der Waals surface area contributed by atoms with Gasteiger partial charge in [-0.3, -0.25) is 4.79 Å². The SMILES string of the molecule is CCNC(=NCC(=O)N1CCCC1)NCCc1ccc(Cl)cc1. The fraction of sp³-hybridized carbons (Fsp3) is 0.529. The van der Waals surface area contributed by atoms with E-state index in [9.17, 15) is 4.79 Å². The molecule has 2 rings (SSSR count). The molecule has 126 valence electrons. The number of amides is 1. The van der Waals surface area contributed by atoms with Crippen LogP contribution < -0.4 is 10.6 Å². The molecule has 0 spiro atoms. The lowest BCUT2D eigenvalue weighted by Crippen LogP contribution is -2.39. The standard InChI is InChI=1S/C17H25ClN4O/c1-2-19-17(21-13-16(23)22-11-3-4-12-22)20-10-9-14-5-7-15(18)8-6-14/h5-8H,2-4,9-13H2,1H3,(H2,19,20,21). The number of halogens is 1. The first-order chi connectivity index (χ1) is 11.2. The Morgan fingerprint density at radius 2 is 1.91 bits per heavy atom. The lowest BCUT2D eigenvalue weighted by molar-refractivity contribution is -0.128. The summed E-state index contributed by atoms with van der Waals surface area (Å²) < 4.78 is 0. The highest BCUT2D eigenvalue weighted by atomic mass is 35.5. The minimum Gasteiger partial charge on any atom is -0.357 e. The second kappa shape index (κ2) is 9.40. The molecule has 0 saturated carbocycles. The van der Waals surface area contributed by atoms with Crippen LogP contribution in [0.25, 0.3) is 0 Å². The molecule has 0 radical (unpaired) electrons. The molecule has 1 aliphatic rings. The van der Waals surface area contributed by atoms with Crippen LogP contribution >= 0.6 is 11.6 Å². The average molecular weight is 337 g/mol. The number of likely N-dealkylation sites (tertiary alicyclic amines) is 1. The average Bonchev–Trinajstić information content (AvgIpc) is 3.08. The minimum absolute atomic E-state index is 0.109. The fourth-order valence-electron chi connectivity index (χ4n) is 2.53. The van der Waals surface area contributed by atoms with Gasteiger partial charge in [-0.1, -0.05) is 23.7 Å². The van der Waals surface area contributed by atoms with Crippen LogP contribution in [0, 0.1) is 0 Å². The fourth-order valence-corrected chi connectivity index (χ4v) is 2.66. The first-order valence-electron chi connectivity index (χ1n) is 8.23. The zero-order chi connectivity index (χ0) is 16.5. The van der Waals surface area contributed by atoms with Crippen LogP contribution in [0.5, 0.6) is 0 Å². The van der Waals surface area contributed by atoms with E-state index in [1.165, 1.54) is 5.56 Å². The molecule has 0 aromatic heterocycles. The largest absolute Gasteiger partial charge is 0.357 e. The van der Waals surface area contributed by atoms with E-state index in [-0.39, 0.29) is 12.5 Å². The molecule has 1 amide bonds. The lowest BCUT2D eigenvalue weighted by Gasteiger charge is -2.15. The third-order valence-corrected chi connectivity index (χ3v) is 4.05. The van der Waals surface area contributed by atoms with E-state index < -0.39 is 0 Å². The highest BCUT2D eigenvalue weighted by Crippen LogP contribution is 2.09. The van der Waals surface area contributed by atoms with E-state index in [4.69, 9.17) is 11.6 Å². The number of carbonyl (C=O) groups excluding carboxylic acids is 1. The van der Waals surface area contributed by atoms with Crippen molar-refractivity contribution in [1.29, 1.82) is 0 Å². The molecule has 23 heavy (non-hydrogen) atoms. The number of benzene rings is 1. The molecule has 1 fully saturated rings. The van der Waals surface area contributed by atoms with Gasteiger partial charge in [-0.2, -0.15) is 0 Å². The first-order valence-corrected chi connectivity index (χ1v) is 8.61. The summed E-state index contributed by atoms with van der Waals surface area (Å²) in [7, 11) is 0. The highest BCUT2D eigenvalue weighted by Gasteiger charge is 2.17. The molecule has 0 bridgehead atoms. The van der Waals surface area contributed by atoms with E-state index >= 15 is 0 Å². The Morgan fingerprint density at radius 1 is 1.22 bits per heavy atom. The zero-order valence-corrected chi connectivity index (χ0v) is 14.4. The van der Waals surface area contributed by atoms with Crippen molar-refractivity contribution < 1.29 is 4.79 Å². The number of aliphatic imine (C=N–C) groups is 1. The molecule has 0 aliphatic carbocycles. The monoisotopic (exact) mass is 336 g/mol. The van der Waals surface area contributed by atoms with Crippen molar-refractivity contribution in [2.45, 2.75) is 26.2 Å². The first kappa shape index (κ1) is 17.6. The lowest BCUT2D eigenvalue weighted by atomic mass is 10.1. The topological polar surface area (TPSA) is 56.7 Å². The maximum absolute atomic E-state index is 12.0. The Hall–Kier alpha value is -1.75. The van der Waals surface area contributed by atoms with Gasteiger partial charge < -0.3 is 15.5 Å². The Balaban J connectivity index is 1.78. The second-order valence-electron chi connectivity index (χ2n) is 5.59. The van der Waals surface area contributed by atoms with Crippen molar-refractivity contribution >= 4 is 23.5 Å². The summed E-state index contributed by atoms with van der Waals surface area (Å²) in [5, 5.41) is 7.18. The third-order valence-electron chi connectivity index (χ3n) is 3.79. The van der Waals surface area contributed by atoms with Gasteiger partial charge in [0, 0.05) is 31.2 Å². The second-order valence-corrected chi connectivity index (χ2v) is 6.02. The van der Waals surface area contributed by atoms with E-state index in [0.29, 0.717) is 5.96 Å². The molecule has 5 nitrogen and oxygen atoms in total. The Labute approximate surface area is 143 Å². The van der Waals surface area contributed by atoms with Gasteiger partial charge in [0.2, 0.25) is 5.91 Å². The normalized spacial score (nSPS) is 14.9.